The average Bonchev–Trinajstić information content (AvgIpc) is 2.53. The van der Waals surface area contributed by atoms with E-state index in [0.29, 0.717) is 17.3 Å². The Morgan fingerprint density at radius 1 is 1.09 bits per heavy atom. The first-order chi connectivity index (χ1) is 11.0. The molecule has 0 radical (unpaired) electrons. The fourth-order valence-corrected chi connectivity index (χ4v) is 2.71. The summed E-state index contributed by atoms with van der Waals surface area (Å²) in [6.07, 6.45) is 0. The number of nitrogen functional groups attached to an aromatic ring is 1. The maximum Gasteiger partial charge on any atom is 0.223 e. The maximum absolute atomic E-state index is 6.09. The predicted octanol–water partition coefficient (Wildman–Crippen LogP) is 4.70. The van der Waals surface area contributed by atoms with Gasteiger partial charge in [0.2, 0.25) is 5.28 Å². The molecule has 1 heterocycles. The summed E-state index contributed by atoms with van der Waals surface area (Å²) in [6, 6.07) is 12.8. The van der Waals surface area contributed by atoms with Crippen LogP contribution in [-0.2, 0) is 0 Å². The van der Waals surface area contributed by atoms with E-state index in [2.05, 4.69) is 9.97 Å². The van der Waals surface area contributed by atoms with Crippen LogP contribution in [0.5, 0.6) is 5.75 Å². The van der Waals surface area contributed by atoms with E-state index >= 15 is 0 Å². The van der Waals surface area contributed by atoms with E-state index < -0.39 is 0 Å². The number of aromatic nitrogens is 2. The van der Waals surface area contributed by atoms with Gasteiger partial charge in [-0.15, -0.1) is 0 Å². The Balaban J connectivity index is 1.88. The minimum absolute atomic E-state index is 0.00150. The number of ether oxygens (including phenoxy) is 1. The van der Waals surface area contributed by atoms with Crippen LogP contribution in [0.2, 0.25) is 10.3 Å². The predicted molar refractivity (Wildman–Crippen MR) is 94.3 cm³/mol. The first-order valence-electron chi connectivity index (χ1n) is 7.14. The third-order valence-electron chi connectivity index (χ3n) is 3.54. The van der Waals surface area contributed by atoms with Gasteiger partial charge in [-0.25, -0.2) is 9.97 Å². The smallest absolute Gasteiger partial charge is 0.223 e. The third-order valence-corrected chi connectivity index (χ3v) is 3.96. The molecule has 0 aliphatic carbocycles. The Morgan fingerprint density at radius 2 is 1.83 bits per heavy atom. The largest absolute Gasteiger partial charge is 0.493 e. The number of rotatable bonds is 4. The summed E-state index contributed by atoms with van der Waals surface area (Å²) in [5, 5.41) is 1.70. The number of anilines is 1. The van der Waals surface area contributed by atoms with Gasteiger partial charge < -0.3 is 10.5 Å². The molecule has 4 nitrogen and oxygen atoms in total. The van der Waals surface area contributed by atoms with Gasteiger partial charge in [-0.05, 0) is 48.0 Å². The van der Waals surface area contributed by atoms with Crippen LogP contribution in [0.25, 0.3) is 10.9 Å². The lowest BCUT2D eigenvalue weighted by Crippen LogP contribution is -2.11. The average molecular weight is 348 g/mol. The lowest BCUT2D eigenvalue weighted by Gasteiger charge is -2.16. The normalized spacial score (nSPS) is 12.3. The van der Waals surface area contributed by atoms with Crippen molar-refractivity contribution in [1.29, 1.82) is 0 Å². The number of halogens is 2. The number of fused-ring (bicyclic) bond motifs is 1. The summed E-state index contributed by atoms with van der Waals surface area (Å²) in [7, 11) is 0. The highest BCUT2D eigenvalue weighted by Gasteiger charge is 2.16. The molecule has 2 aromatic carbocycles. The molecule has 0 amide bonds. The van der Waals surface area contributed by atoms with Crippen molar-refractivity contribution in [3.05, 3.63) is 58.5 Å². The van der Waals surface area contributed by atoms with Gasteiger partial charge in [-0.1, -0.05) is 24.6 Å². The molecule has 0 spiro atoms. The maximum atomic E-state index is 6.09. The van der Waals surface area contributed by atoms with Crippen molar-refractivity contribution in [1.82, 2.24) is 9.97 Å². The first-order valence-corrected chi connectivity index (χ1v) is 7.90. The summed E-state index contributed by atoms with van der Waals surface area (Å²) < 4.78 is 5.80. The Kier molecular flexibility index (Phi) is 4.55. The molecule has 3 aromatic rings. The minimum Gasteiger partial charge on any atom is -0.493 e. The van der Waals surface area contributed by atoms with Crippen molar-refractivity contribution < 1.29 is 4.74 Å². The van der Waals surface area contributed by atoms with Crippen LogP contribution in [0, 0.1) is 0 Å². The third kappa shape index (κ3) is 3.49. The van der Waals surface area contributed by atoms with Gasteiger partial charge >= 0.3 is 0 Å². The number of nitrogens with two attached hydrogens (primary N) is 1. The topological polar surface area (TPSA) is 61.0 Å². The molecule has 2 N–H and O–H groups in total. The summed E-state index contributed by atoms with van der Waals surface area (Å²) >= 11 is 11.9. The van der Waals surface area contributed by atoms with Crippen LogP contribution >= 0.6 is 23.2 Å². The highest BCUT2D eigenvalue weighted by molar-refractivity contribution is 6.30. The van der Waals surface area contributed by atoms with Crippen molar-refractivity contribution >= 4 is 39.8 Å². The molecule has 0 aliphatic heterocycles. The van der Waals surface area contributed by atoms with Gasteiger partial charge in [0.15, 0.2) is 0 Å². The van der Waals surface area contributed by atoms with Crippen LogP contribution in [0.4, 0.5) is 5.69 Å². The molecular formula is C17H15Cl2N3O. The Labute approximate surface area is 144 Å². The van der Waals surface area contributed by atoms with Crippen molar-refractivity contribution in [2.75, 3.05) is 12.3 Å². The summed E-state index contributed by atoms with van der Waals surface area (Å²) in [5.74, 6) is 0.747. The molecule has 0 aliphatic rings. The Hall–Kier alpha value is -2.04. The highest BCUT2D eigenvalue weighted by atomic mass is 35.5. The SMILES string of the molecule is CC(COc1ccc(Cl)cc1)c1nc(Cl)nc2cccc(N)c12. The molecule has 118 valence electrons. The van der Waals surface area contributed by atoms with Crippen molar-refractivity contribution in [3.63, 3.8) is 0 Å². The van der Waals surface area contributed by atoms with Gasteiger partial charge in [-0.3, -0.25) is 0 Å². The van der Waals surface area contributed by atoms with Crippen molar-refractivity contribution in [2.45, 2.75) is 12.8 Å². The standard InChI is InChI=1S/C17H15Cl2N3O/c1-10(9-23-12-7-5-11(18)6-8-12)16-15-13(20)3-2-4-14(15)21-17(19)22-16/h2-8,10H,9,20H2,1H3. The number of nitrogens with zero attached hydrogens (tertiary/aromatic N) is 2. The first kappa shape index (κ1) is 15.8. The van der Waals surface area contributed by atoms with E-state index in [4.69, 9.17) is 33.7 Å². The molecule has 1 unspecified atom stereocenters. The molecule has 6 heteroatoms. The van der Waals surface area contributed by atoms with Crippen LogP contribution in [0.1, 0.15) is 18.5 Å². The quantitative estimate of drug-likeness (QED) is 0.548. The molecule has 23 heavy (non-hydrogen) atoms. The number of hydrogen-bond acceptors (Lipinski definition) is 4. The zero-order valence-corrected chi connectivity index (χ0v) is 14.0. The van der Waals surface area contributed by atoms with E-state index in [9.17, 15) is 0 Å². The zero-order chi connectivity index (χ0) is 16.4. The lowest BCUT2D eigenvalue weighted by molar-refractivity contribution is 0.294. The summed E-state index contributed by atoms with van der Waals surface area (Å²) in [4.78, 5) is 8.59. The second-order valence-electron chi connectivity index (χ2n) is 5.29. The number of hydrogen-bond donors (Lipinski definition) is 1. The number of benzene rings is 2. The van der Waals surface area contributed by atoms with E-state index in [1.54, 1.807) is 12.1 Å². The monoisotopic (exact) mass is 347 g/mol. The highest BCUT2D eigenvalue weighted by Crippen LogP contribution is 2.29. The fourth-order valence-electron chi connectivity index (χ4n) is 2.40. The van der Waals surface area contributed by atoms with Gasteiger partial charge in [0.05, 0.1) is 17.8 Å². The second kappa shape index (κ2) is 6.60. The van der Waals surface area contributed by atoms with Gasteiger partial charge in [0, 0.05) is 22.0 Å². The summed E-state index contributed by atoms with van der Waals surface area (Å²) in [5.41, 5.74) is 8.24. The van der Waals surface area contributed by atoms with Crippen molar-refractivity contribution in [2.24, 2.45) is 0 Å². The lowest BCUT2D eigenvalue weighted by atomic mass is 10.0. The van der Waals surface area contributed by atoms with Gasteiger partial charge in [0.1, 0.15) is 5.75 Å². The van der Waals surface area contributed by atoms with Gasteiger partial charge in [0.25, 0.3) is 0 Å². The van der Waals surface area contributed by atoms with E-state index in [1.807, 2.05) is 37.3 Å². The molecule has 0 fully saturated rings. The van der Waals surface area contributed by atoms with Gasteiger partial charge in [-0.2, -0.15) is 0 Å². The molecule has 3 rings (SSSR count). The molecule has 0 saturated carbocycles. The van der Waals surface area contributed by atoms with Crippen LogP contribution in [-0.4, -0.2) is 16.6 Å². The van der Waals surface area contributed by atoms with Crippen molar-refractivity contribution in [3.8, 4) is 5.75 Å². The van der Waals surface area contributed by atoms with E-state index in [1.165, 1.54) is 0 Å². The molecule has 0 saturated heterocycles. The zero-order valence-electron chi connectivity index (χ0n) is 12.5. The van der Waals surface area contributed by atoms with Crippen LogP contribution in [0.15, 0.2) is 42.5 Å². The van der Waals surface area contributed by atoms with E-state index in [0.717, 1.165) is 22.3 Å². The Morgan fingerprint density at radius 3 is 2.57 bits per heavy atom. The van der Waals surface area contributed by atoms with Crippen LogP contribution < -0.4 is 10.5 Å². The molecule has 0 bridgehead atoms. The molecule has 1 atom stereocenters. The Bertz CT molecular complexity index is 837. The minimum atomic E-state index is -0.00150. The summed E-state index contributed by atoms with van der Waals surface area (Å²) in [6.45, 7) is 2.46. The molecular weight excluding hydrogens is 333 g/mol. The van der Waals surface area contributed by atoms with Crippen LogP contribution in [0.3, 0.4) is 0 Å². The molecule has 1 aromatic heterocycles. The fraction of sp³-hybridized carbons (Fsp3) is 0.176. The van der Waals surface area contributed by atoms with E-state index in [-0.39, 0.29) is 11.2 Å². The second-order valence-corrected chi connectivity index (χ2v) is 6.06.